The summed E-state index contributed by atoms with van der Waals surface area (Å²) in [6, 6.07) is 3.14. The average Bonchev–Trinajstić information content (AvgIpc) is 2.24. The Morgan fingerprint density at radius 2 is 1.85 bits per heavy atom. The lowest BCUT2D eigenvalue weighted by Gasteiger charge is -2.17. The van der Waals surface area contributed by atoms with Crippen LogP contribution in [0, 0.1) is 10.1 Å². The second-order valence-electron chi connectivity index (χ2n) is 5.21. The number of benzene rings is 1. The van der Waals surface area contributed by atoms with Gasteiger partial charge in [-0.3, -0.25) is 10.1 Å². The third-order valence-corrected chi connectivity index (χ3v) is 4.12. The van der Waals surface area contributed by atoms with Gasteiger partial charge in [0.25, 0.3) is 5.69 Å². The summed E-state index contributed by atoms with van der Waals surface area (Å²) in [6.45, 7) is 5.30. The van der Waals surface area contributed by atoms with Gasteiger partial charge in [0, 0.05) is 12.3 Å². The molecule has 0 unspecified atom stereocenters. The summed E-state index contributed by atoms with van der Waals surface area (Å²) in [5.41, 5.74) is -0.819. The van der Waals surface area contributed by atoms with Crippen LogP contribution in [0.3, 0.4) is 0 Å². The molecule has 0 saturated carbocycles. The maximum atomic E-state index is 11.9. The Balaban J connectivity index is 3.35. The fourth-order valence-corrected chi connectivity index (χ4v) is 2.71. The maximum Gasteiger partial charge on any atom is 0.331 e. The summed E-state index contributed by atoms with van der Waals surface area (Å²) in [5, 5.41) is 11.0. The van der Waals surface area contributed by atoms with Crippen molar-refractivity contribution in [2.45, 2.75) is 24.5 Å². The second kappa shape index (κ2) is 5.33. The van der Waals surface area contributed by atoms with E-state index in [1.807, 2.05) is 0 Å². The van der Waals surface area contributed by atoms with Crippen LogP contribution in [0.2, 0.25) is 19.6 Å². The number of sulfone groups is 1. The Kier molecular flexibility index (Phi) is 4.35. The zero-order valence-corrected chi connectivity index (χ0v) is 13.4. The smallest absolute Gasteiger partial charge is 0.331 e. The lowest BCUT2D eigenvalue weighted by atomic mass is 10.2. The van der Waals surface area contributed by atoms with Crippen LogP contribution in [0.4, 0.5) is 5.69 Å². The first kappa shape index (κ1) is 16.3. The first-order valence-electron chi connectivity index (χ1n) is 5.63. The Bertz CT molecular complexity index is 662. The number of nitro benzene ring substituents is 1. The molecule has 0 atom stereocenters. The van der Waals surface area contributed by atoms with E-state index in [1.165, 1.54) is 0 Å². The Hall–Kier alpha value is -1.74. The molecule has 0 bridgehead atoms. The molecule has 110 valence electrons. The predicted octanol–water partition coefficient (Wildman–Crippen LogP) is 1.99. The zero-order chi connectivity index (χ0) is 15.7. The number of hydrogen-bond donors (Lipinski definition) is 0. The molecule has 0 heterocycles. The molecule has 1 rings (SSSR count). The van der Waals surface area contributed by atoms with Gasteiger partial charge in [-0.2, -0.15) is 0 Å². The molecule has 0 radical (unpaired) electrons. The van der Waals surface area contributed by atoms with Crippen LogP contribution in [-0.4, -0.2) is 33.9 Å². The summed E-state index contributed by atoms with van der Waals surface area (Å²) in [7, 11) is -5.79. The summed E-state index contributed by atoms with van der Waals surface area (Å²) in [6.07, 6.45) is 0.937. The van der Waals surface area contributed by atoms with Gasteiger partial charge in [0.2, 0.25) is 8.32 Å². The minimum absolute atomic E-state index is 0.214. The lowest BCUT2D eigenvalue weighted by Crippen LogP contribution is -2.29. The molecule has 7 nitrogen and oxygen atoms in total. The van der Waals surface area contributed by atoms with E-state index in [1.54, 1.807) is 19.6 Å². The van der Waals surface area contributed by atoms with Crippen molar-refractivity contribution < 1.29 is 22.6 Å². The number of rotatable bonds is 4. The van der Waals surface area contributed by atoms with Crippen molar-refractivity contribution in [2.24, 2.45) is 0 Å². The number of carbonyl (C=O) groups is 1. The number of carbonyl (C=O) groups excluding carboxylic acids is 1. The van der Waals surface area contributed by atoms with E-state index in [2.05, 4.69) is 0 Å². The van der Waals surface area contributed by atoms with Crippen LogP contribution >= 0.6 is 0 Å². The summed E-state index contributed by atoms with van der Waals surface area (Å²) >= 11 is 0. The normalized spacial score (nSPS) is 12.0. The Labute approximate surface area is 117 Å². The fraction of sp³-hybridized carbons (Fsp3) is 0.364. The quantitative estimate of drug-likeness (QED) is 0.478. The van der Waals surface area contributed by atoms with Crippen LogP contribution in [-0.2, 0) is 14.3 Å². The van der Waals surface area contributed by atoms with Crippen LogP contribution in [0.5, 0.6) is 0 Å². The van der Waals surface area contributed by atoms with Gasteiger partial charge in [0.15, 0.2) is 9.84 Å². The highest BCUT2D eigenvalue weighted by Crippen LogP contribution is 2.24. The molecule has 0 N–H and O–H groups in total. The summed E-state index contributed by atoms with van der Waals surface area (Å²) < 4.78 is 28.0. The van der Waals surface area contributed by atoms with Crippen molar-refractivity contribution >= 4 is 29.8 Å². The van der Waals surface area contributed by atoms with E-state index in [0.29, 0.717) is 0 Å². The molecular weight excluding hydrogens is 302 g/mol. The van der Waals surface area contributed by atoms with Gasteiger partial charge in [-0.15, -0.1) is 0 Å². The van der Waals surface area contributed by atoms with Crippen LogP contribution in [0.25, 0.3) is 0 Å². The molecule has 0 spiro atoms. The van der Waals surface area contributed by atoms with Gasteiger partial charge in [-0.1, -0.05) is 0 Å². The van der Waals surface area contributed by atoms with Crippen molar-refractivity contribution in [3.8, 4) is 0 Å². The van der Waals surface area contributed by atoms with Crippen molar-refractivity contribution in [3.05, 3.63) is 33.9 Å². The fourth-order valence-electron chi connectivity index (χ4n) is 1.40. The Morgan fingerprint density at radius 3 is 2.25 bits per heavy atom. The van der Waals surface area contributed by atoms with Gasteiger partial charge in [0.1, 0.15) is 5.56 Å². The van der Waals surface area contributed by atoms with E-state index < -0.39 is 34.7 Å². The second-order valence-corrected chi connectivity index (χ2v) is 11.7. The lowest BCUT2D eigenvalue weighted by molar-refractivity contribution is -0.385. The van der Waals surface area contributed by atoms with E-state index >= 15 is 0 Å². The zero-order valence-electron chi connectivity index (χ0n) is 11.5. The first-order chi connectivity index (χ1) is 8.92. The molecule has 1 aromatic rings. The number of hydrogen-bond acceptors (Lipinski definition) is 6. The highest BCUT2D eigenvalue weighted by atomic mass is 32.2. The maximum absolute atomic E-state index is 11.9. The van der Waals surface area contributed by atoms with Crippen molar-refractivity contribution in [2.75, 3.05) is 6.26 Å². The van der Waals surface area contributed by atoms with Crippen molar-refractivity contribution in [3.63, 3.8) is 0 Å². The van der Waals surface area contributed by atoms with Crippen LogP contribution < -0.4 is 0 Å². The third kappa shape index (κ3) is 4.13. The van der Waals surface area contributed by atoms with Gasteiger partial charge < -0.3 is 4.43 Å². The van der Waals surface area contributed by atoms with Gasteiger partial charge in [-0.25, -0.2) is 13.2 Å². The average molecular weight is 317 g/mol. The van der Waals surface area contributed by atoms with E-state index in [0.717, 1.165) is 24.5 Å². The molecule has 0 saturated heterocycles. The first-order valence-corrected chi connectivity index (χ1v) is 10.9. The monoisotopic (exact) mass is 317 g/mol. The SMILES string of the molecule is C[Si](C)(C)OC(=O)c1ccc(S(C)(=O)=O)cc1[N+](=O)[O-]. The van der Waals surface area contributed by atoms with Gasteiger partial charge in [-0.05, 0) is 31.8 Å². The molecule has 0 aliphatic heterocycles. The largest absolute Gasteiger partial charge is 0.516 e. The third-order valence-electron chi connectivity index (χ3n) is 2.21. The van der Waals surface area contributed by atoms with E-state index in [4.69, 9.17) is 4.43 Å². The number of nitrogens with zero attached hydrogens (tertiary/aromatic N) is 1. The molecular formula is C11H15NO6SSi. The summed E-state index contributed by atoms with van der Waals surface area (Å²) in [5.74, 6) is -0.809. The molecule has 20 heavy (non-hydrogen) atoms. The van der Waals surface area contributed by atoms with Crippen molar-refractivity contribution in [1.29, 1.82) is 0 Å². The minimum atomic E-state index is -3.58. The molecule has 1 aromatic carbocycles. The molecule has 9 heteroatoms. The van der Waals surface area contributed by atoms with Gasteiger partial charge >= 0.3 is 5.97 Å². The molecule has 0 fully saturated rings. The summed E-state index contributed by atoms with van der Waals surface area (Å²) in [4.78, 5) is 21.9. The van der Waals surface area contributed by atoms with Crippen molar-refractivity contribution in [1.82, 2.24) is 0 Å². The molecule has 0 aliphatic rings. The van der Waals surface area contributed by atoms with E-state index in [-0.39, 0.29) is 10.5 Å². The van der Waals surface area contributed by atoms with E-state index in [9.17, 15) is 23.3 Å². The highest BCUT2D eigenvalue weighted by molar-refractivity contribution is 7.90. The predicted molar refractivity (Wildman–Crippen MR) is 75.0 cm³/mol. The molecule has 0 aromatic heterocycles. The topological polar surface area (TPSA) is 104 Å². The van der Waals surface area contributed by atoms with Crippen LogP contribution in [0.1, 0.15) is 10.4 Å². The van der Waals surface area contributed by atoms with Gasteiger partial charge in [0.05, 0.1) is 9.82 Å². The minimum Gasteiger partial charge on any atom is -0.516 e. The highest BCUT2D eigenvalue weighted by Gasteiger charge is 2.28. The van der Waals surface area contributed by atoms with Crippen LogP contribution in [0.15, 0.2) is 23.1 Å². The number of nitro groups is 1. The Morgan fingerprint density at radius 1 is 1.30 bits per heavy atom. The molecule has 0 aliphatic carbocycles. The standard InChI is InChI=1S/C11H15NO6SSi/c1-19(16,17)8-5-6-9(10(7-8)12(14)15)11(13)18-20(2,3)4/h5-7H,1-4H3. The molecule has 0 amide bonds.